The van der Waals surface area contributed by atoms with E-state index in [9.17, 15) is 4.79 Å². The number of fused-ring (bicyclic) bond motifs is 1. The summed E-state index contributed by atoms with van der Waals surface area (Å²) in [7, 11) is 0. The summed E-state index contributed by atoms with van der Waals surface area (Å²) in [5.41, 5.74) is 1.77. The molecule has 0 fully saturated rings. The molecule has 12 heavy (non-hydrogen) atoms. The van der Waals surface area contributed by atoms with Crippen LogP contribution in [0.25, 0.3) is 10.9 Å². The van der Waals surface area contributed by atoms with Gasteiger partial charge in [-0.3, -0.25) is 4.79 Å². The molecule has 60 valence electrons. The van der Waals surface area contributed by atoms with Crippen molar-refractivity contribution in [3.8, 4) is 0 Å². The summed E-state index contributed by atoms with van der Waals surface area (Å²) in [6.07, 6.45) is 0.668. The van der Waals surface area contributed by atoms with Crippen LogP contribution in [0.5, 0.6) is 0 Å². The van der Waals surface area contributed by atoms with E-state index >= 15 is 0 Å². The molecule has 0 aliphatic carbocycles. The van der Waals surface area contributed by atoms with Crippen LogP contribution >= 0.6 is 11.5 Å². The number of rotatable bonds is 2. The first kappa shape index (κ1) is 7.24. The highest BCUT2D eigenvalue weighted by molar-refractivity contribution is 7.04. The Balaban J connectivity index is 2.52. The summed E-state index contributed by atoms with van der Waals surface area (Å²) in [5, 5.41) is 5.60. The maximum Gasteiger partial charge on any atom is 0.211 e. The van der Waals surface area contributed by atoms with Crippen LogP contribution in [-0.2, 0) is 4.79 Å². The highest BCUT2D eigenvalue weighted by Gasteiger charge is 1.96. The second-order valence-electron chi connectivity index (χ2n) is 2.35. The number of aromatic nitrogens is 1. The Bertz CT molecular complexity index is 410. The van der Waals surface area contributed by atoms with Crippen molar-refractivity contribution in [3.05, 3.63) is 23.6 Å². The highest BCUT2D eigenvalue weighted by atomic mass is 32.1. The Morgan fingerprint density at radius 3 is 3.25 bits per heavy atom. The number of benzene rings is 1. The summed E-state index contributed by atoms with van der Waals surface area (Å²) in [5.74, 6) is 0. The van der Waals surface area contributed by atoms with Gasteiger partial charge in [0.25, 0.3) is 0 Å². The van der Waals surface area contributed by atoms with Gasteiger partial charge in [-0.1, -0.05) is 0 Å². The molecule has 0 atom stereocenters. The molecule has 1 aromatic carbocycles. The molecule has 0 aliphatic rings. The lowest BCUT2D eigenvalue weighted by Crippen LogP contribution is -1.92. The Morgan fingerprint density at radius 2 is 2.42 bits per heavy atom. The van der Waals surface area contributed by atoms with Crippen LogP contribution in [0.1, 0.15) is 0 Å². The van der Waals surface area contributed by atoms with Crippen molar-refractivity contribution < 1.29 is 4.79 Å². The third kappa shape index (κ3) is 1.16. The standard InChI is InChI=1S/C8H6N2OS/c11-5-9-7-1-2-8-6(3-7)4-12-10-8/h1-5H,(H,9,11). The number of carbonyl (C=O) groups excluding carboxylic acids is 1. The molecule has 0 unspecified atom stereocenters. The molecule has 0 saturated carbocycles. The van der Waals surface area contributed by atoms with Crippen LogP contribution < -0.4 is 5.32 Å². The fraction of sp³-hybridized carbons (Fsp3) is 0. The van der Waals surface area contributed by atoms with E-state index in [1.165, 1.54) is 11.5 Å². The largest absolute Gasteiger partial charge is 0.329 e. The van der Waals surface area contributed by atoms with E-state index in [0.29, 0.717) is 6.41 Å². The van der Waals surface area contributed by atoms with Crippen molar-refractivity contribution >= 4 is 34.5 Å². The normalized spacial score (nSPS) is 10.0. The van der Waals surface area contributed by atoms with E-state index in [-0.39, 0.29) is 0 Å². The lowest BCUT2D eigenvalue weighted by molar-refractivity contribution is -0.105. The number of anilines is 1. The monoisotopic (exact) mass is 178 g/mol. The second kappa shape index (κ2) is 2.91. The molecule has 0 aliphatic heterocycles. The molecule has 0 spiro atoms. The summed E-state index contributed by atoms with van der Waals surface area (Å²) >= 11 is 1.41. The van der Waals surface area contributed by atoms with Gasteiger partial charge in [-0.25, -0.2) is 0 Å². The maximum absolute atomic E-state index is 10.1. The third-order valence-electron chi connectivity index (χ3n) is 1.58. The number of carbonyl (C=O) groups is 1. The summed E-state index contributed by atoms with van der Waals surface area (Å²) in [6, 6.07) is 5.61. The van der Waals surface area contributed by atoms with Gasteiger partial charge in [0.1, 0.15) is 0 Å². The zero-order valence-electron chi connectivity index (χ0n) is 6.15. The van der Waals surface area contributed by atoms with Gasteiger partial charge in [0, 0.05) is 16.5 Å². The molecule has 1 N–H and O–H groups in total. The first-order valence-electron chi connectivity index (χ1n) is 3.44. The summed E-state index contributed by atoms with van der Waals surface area (Å²) in [4.78, 5) is 10.1. The van der Waals surface area contributed by atoms with E-state index < -0.39 is 0 Å². The topological polar surface area (TPSA) is 42.0 Å². The van der Waals surface area contributed by atoms with E-state index in [0.717, 1.165) is 16.6 Å². The molecule has 1 amide bonds. The van der Waals surface area contributed by atoms with Crippen LogP contribution in [0.15, 0.2) is 23.6 Å². The molecule has 4 heteroatoms. The zero-order chi connectivity index (χ0) is 8.39. The molecule has 2 rings (SSSR count). The number of hydrogen-bond donors (Lipinski definition) is 1. The summed E-state index contributed by atoms with van der Waals surface area (Å²) in [6.45, 7) is 0. The van der Waals surface area contributed by atoms with Crippen LogP contribution in [-0.4, -0.2) is 10.8 Å². The van der Waals surface area contributed by atoms with E-state index in [2.05, 4.69) is 9.69 Å². The van der Waals surface area contributed by atoms with Crippen molar-refractivity contribution in [3.63, 3.8) is 0 Å². The third-order valence-corrected chi connectivity index (χ3v) is 2.25. The van der Waals surface area contributed by atoms with Gasteiger partial charge in [0.05, 0.1) is 5.52 Å². The van der Waals surface area contributed by atoms with E-state index in [1.54, 1.807) is 0 Å². The Hall–Kier alpha value is -1.42. The molecular weight excluding hydrogens is 172 g/mol. The number of amides is 1. The van der Waals surface area contributed by atoms with Gasteiger partial charge in [0.15, 0.2) is 0 Å². The van der Waals surface area contributed by atoms with E-state index in [1.807, 2.05) is 23.6 Å². The molecule has 0 bridgehead atoms. The lowest BCUT2D eigenvalue weighted by atomic mass is 10.2. The average Bonchev–Trinajstić information content (AvgIpc) is 2.51. The van der Waals surface area contributed by atoms with Gasteiger partial charge in [-0.2, -0.15) is 4.37 Å². The average molecular weight is 178 g/mol. The predicted molar refractivity (Wildman–Crippen MR) is 49.3 cm³/mol. The lowest BCUT2D eigenvalue weighted by Gasteiger charge is -1.96. The SMILES string of the molecule is O=CNc1ccc2nscc2c1. The first-order chi connectivity index (χ1) is 5.90. The smallest absolute Gasteiger partial charge is 0.211 e. The quantitative estimate of drug-likeness (QED) is 0.713. The minimum absolute atomic E-state index is 0.668. The molecule has 1 heterocycles. The van der Waals surface area contributed by atoms with Gasteiger partial charge >= 0.3 is 0 Å². The minimum Gasteiger partial charge on any atom is -0.329 e. The highest BCUT2D eigenvalue weighted by Crippen LogP contribution is 2.19. The molecular formula is C8H6N2OS. The molecule has 2 aromatic rings. The summed E-state index contributed by atoms with van der Waals surface area (Å²) < 4.78 is 4.15. The van der Waals surface area contributed by atoms with Crippen molar-refractivity contribution in [2.24, 2.45) is 0 Å². The van der Waals surface area contributed by atoms with Crippen molar-refractivity contribution in [2.45, 2.75) is 0 Å². The number of hydrogen-bond acceptors (Lipinski definition) is 3. The number of nitrogens with zero attached hydrogens (tertiary/aromatic N) is 1. The van der Waals surface area contributed by atoms with Crippen LogP contribution in [0.2, 0.25) is 0 Å². The molecule has 0 saturated heterocycles. The van der Waals surface area contributed by atoms with E-state index in [4.69, 9.17) is 0 Å². The predicted octanol–water partition coefficient (Wildman–Crippen LogP) is 1.86. The Morgan fingerprint density at radius 1 is 1.50 bits per heavy atom. The fourth-order valence-corrected chi connectivity index (χ4v) is 1.66. The first-order valence-corrected chi connectivity index (χ1v) is 4.28. The Labute approximate surface area is 73.2 Å². The van der Waals surface area contributed by atoms with Crippen LogP contribution in [0.4, 0.5) is 5.69 Å². The molecule has 3 nitrogen and oxygen atoms in total. The van der Waals surface area contributed by atoms with Crippen molar-refractivity contribution in [1.82, 2.24) is 4.37 Å². The van der Waals surface area contributed by atoms with Gasteiger partial charge < -0.3 is 5.32 Å². The Kier molecular flexibility index (Phi) is 1.75. The minimum atomic E-state index is 0.668. The second-order valence-corrected chi connectivity index (χ2v) is 2.98. The van der Waals surface area contributed by atoms with Gasteiger partial charge in [-0.05, 0) is 29.7 Å². The fourth-order valence-electron chi connectivity index (χ4n) is 1.03. The maximum atomic E-state index is 10.1. The van der Waals surface area contributed by atoms with Crippen molar-refractivity contribution in [2.75, 3.05) is 5.32 Å². The molecule has 0 radical (unpaired) electrons. The zero-order valence-corrected chi connectivity index (χ0v) is 6.97. The van der Waals surface area contributed by atoms with Crippen LogP contribution in [0.3, 0.4) is 0 Å². The van der Waals surface area contributed by atoms with Crippen molar-refractivity contribution in [1.29, 1.82) is 0 Å². The number of nitrogens with one attached hydrogen (secondary N) is 1. The molecule has 1 aromatic heterocycles. The van der Waals surface area contributed by atoms with Crippen LogP contribution in [0, 0.1) is 0 Å². The van der Waals surface area contributed by atoms with Gasteiger partial charge in [-0.15, -0.1) is 0 Å². The van der Waals surface area contributed by atoms with Gasteiger partial charge in [0.2, 0.25) is 6.41 Å².